The van der Waals surface area contributed by atoms with E-state index in [2.05, 4.69) is 59.2 Å². The summed E-state index contributed by atoms with van der Waals surface area (Å²) in [4.78, 5) is 20.4. The molecule has 216 valence electrons. The molecule has 4 aromatic rings. The fourth-order valence-electron chi connectivity index (χ4n) is 6.05. The van der Waals surface area contributed by atoms with Gasteiger partial charge in [-0.3, -0.25) is 4.79 Å². The summed E-state index contributed by atoms with van der Waals surface area (Å²) in [7, 11) is 3.45. The van der Waals surface area contributed by atoms with Crippen molar-refractivity contribution in [2.45, 2.75) is 57.2 Å². The van der Waals surface area contributed by atoms with Gasteiger partial charge in [0.25, 0.3) is 0 Å². The second kappa shape index (κ2) is 13.9. The Morgan fingerprint density at radius 1 is 1.02 bits per heavy atom. The molecule has 2 N–H and O–H groups in total. The summed E-state index contributed by atoms with van der Waals surface area (Å²) >= 11 is 0. The first kappa shape index (κ1) is 29.0. The van der Waals surface area contributed by atoms with Gasteiger partial charge in [-0.2, -0.15) is 0 Å². The molecule has 2 unspecified atom stereocenters. The maximum absolute atomic E-state index is 13.4. The number of aromatic nitrogens is 2. The van der Waals surface area contributed by atoms with Crippen LogP contribution in [0.15, 0.2) is 72.8 Å². The zero-order chi connectivity index (χ0) is 28.6. The molecule has 7 nitrogen and oxygen atoms in total. The lowest BCUT2D eigenvalue weighted by atomic mass is 9.95. The van der Waals surface area contributed by atoms with E-state index in [1.165, 1.54) is 5.56 Å². The van der Waals surface area contributed by atoms with Crippen molar-refractivity contribution < 1.29 is 14.3 Å². The average molecular weight is 555 g/mol. The number of fused-ring (bicyclic) bond motifs is 1. The van der Waals surface area contributed by atoms with Gasteiger partial charge in [0, 0.05) is 58.8 Å². The molecular weight excluding hydrogens is 512 g/mol. The number of aryl methyl sites for hydroxylation is 1. The second-order valence-corrected chi connectivity index (χ2v) is 11.1. The lowest BCUT2D eigenvalue weighted by Gasteiger charge is -2.33. The molecule has 0 saturated carbocycles. The molecule has 1 saturated heterocycles. The van der Waals surface area contributed by atoms with Crippen molar-refractivity contribution in [3.63, 3.8) is 0 Å². The highest BCUT2D eigenvalue weighted by atomic mass is 16.5. The third-order valence-corrected chi connectivity index (χ3v) is 8.07. The third-order valence-electron chi connectivity index (χ3n) is 8.07. The number of benzene rings is 3. The van der Waals surface area contributed by atoms with Gasteiger partial charge < -0.3 is 24.7 Å². The molecule has 1 aromatic heterocycles. The first-order chi connectivity index (χ1) is 20.1. The fourth-order valence-corrected chi connectivity index (χ4v) is 6.05. The number of piperidine rings is 1. The molecule has 41 heavy (non-hydrogen) atoms. The lowest BCUT2D eigenvalue weighted by Crippen LogP contribution is -2.42. The average Bonchev–Trinajstić information content (AvgIpc) is 3.37. The Hall–Kier alpha value is -3.52. The van der Waals surface area contributed by atoms with Gasteiger partial charge in [-0.25, -0.2) is 4.98 Å². The predicted octanol–water partition coefficient (Wildman–Crippen LogP) is 5.55. The van der Waals surface area contributed by atoms with E-state index in [-0.39, 0.29) is 17.9 Å². The van der Waals surface area contributed by atoms with Gasteiger partial charge in [0.15, 0.2) is 0 Å². The first-order valence-corrected chi connectivity index (χ1v) is 14.7. The van der Waals surface area contributed by atoms with Gasteiger partial charge in [0.05, 0.1) is 17.6 Å². The molecule has 0 radical (unpaired) electrons. The number of hydrogen-bond acceptors (Lipinski definition) is 5. The van der Waals surface area contributed by atoms with E-state index in [4.69, 9.17) is 20.2 Å². The van der Waals surface area contributed by atoms with Gasteiger partial charge in [-0.15, -0.1) is 0 Å². The van der Waals surface area contributed by atoms with Crippen molar-refractivity contribution in [2.24, 2.45) is 5.73 Å². The van der Waals surface area contributed by atoms with E-state index in [9.17, 15) is 4.79 Å². The number of carbonyl (C=O) groups is 1. The molecule has 2 atom stereocenters. The molecule has 0 bridgehead atoms. The summed E-state index contributed by atoms with van der Waals surface area (Å²) in [5.41, 5.74) is 13.3. The third kappa shape index (κ3) is 7.04. The number of carbonyl (C=O) groups excluding carboxylic acids is 1. The van der Waals surface area contributed by atoms with E-state index < -0.39 is 0 Å². The van der Waals surface area contributed by atoms with E-state index in [1.54, 1.807) is 14.2 Å². The number of methoxy groups -OCH3 is 2. The van der Waals surface area contributed by atoms with E-state index in [0.29, 0.717) is 32.6 Å². The minimum Gasteiger partial charge on any atom is -0.385 e. The molecule has 0 spiro atoms. The van der Waals surface area contributed by atoms with Crippen molar-refractivity contribution in [3.05, 3.63) is 89.7 Å². The number of likely N-dealkylation sites (tertiary alicyclic amines) is 1. The lowest BCUT2D eigenvalue weighted by molar-refractivity contribution is -0.132. The highest BCUT2D eigenvalue weighted by Crippen LogP contribution is 2.30. The summed E-state index contributed by atoms with van der Waals surface area (Å²) in [5.74, 6) is 1.43. The van der Waals surface area contributed by atoms with Crippen LogP contribution in [0.1, 0.15) is 48.6 Å². The van der Waals surface area contributed by atoms with E-state index in [0.717, 1.165) is 65.9 Å². The van der Waals surface area contributed by atoms with Crippen LogP contribution in [0.3, 0.4) is 0 Å². The zero-order valence-corrected chi connectivity index (χ0v) is 24.3. The van der Waals surface area contributed by atoms with Crippen molar-refractivity contribution >= 4 is 16.9 Å². The molecule has 2 heterocycles. The van der Waals surface area contributed by atoms with Crippen LogP contribution in [-0.2, 0) is 33.8 Å². The Balaban J connectivity index is 1.21. The molecule has 0 aliphatic carbocycles. The molecule has 3 aromatic carbocycles. The van der Waals surface area contributed by atoms with E-state index >= 15 is 0 Å². The van der Waals surface area contributed by atoms with Crippen LogP contribution in [0, 0.1) is 0 Å². The predicted molar refractivity (Wildman–Crippen MR) is 164 cm³/mol. The molecule has 7 heteroatoms. The maximum atomic E-state index is 13.4. The van der Waals surface area contributed by atoms with Crippen LogP contribution in [0.5, 0.6) is 0 Å². The largest absolute Gasteiger partial charge is 0.385 e. The molecule has 1 fully saturated rings. The van der Waals surface area contributed by atoms with Crippen molar-refractivity contribution in [2.75, 3.05) is 33.9 Å². The summed E-state index contributed by atoms with van der Waals surface area (Å²) < 4.78 is 13.0. The van der Waals surface area contributed by atoms with Crippen LogP contribution in [-0.4, -0.2) is 60.3 Å². The number of imidazole rings is 1. The van der Waals surface area contributed by atoms with Crippen molar-refractivity contribution in [1.82, 2.24) is 14.5 Å². The Labute approximate surface area is 243 Å². The summed E-state index contributed by atoms with van der Waals surface area (Å²) in [6.07, 6.45) is 3.94. The van der Waals surface area contributed by atoms with Gasteiger partial charge in [-0.1, -0.05) is 60.7 Å². The van der Waals surface area contributed by atoms with Crippen LogP contribution < -0.4 is 5.73 Å². The van der Waals surface area contributed by atoms with Gasteiger partial charge in [0.2, 0.25) is 5.91 Å². The second-order valence-electron chi connectivity index (χ2n) is 11.1. The SMILES string of the molecule is COCCCn1c(C2CCCN(C(=O)CC(N)Cc3ccc(-c4ccccc4COC)cc3)C2)nc2ccccc21. The number of nitrogens with two attached hydrogens (primary N) is 1. The maximum Gasteiger partial charge on any atom is 0.224 e. The van der Waals surface area contributed by atoms with Gasteiger partial charge in [-0.05, 0) is 60.1 Å². The van der Waals surface area contributed by atoms with Crippen molar-refractivity contribution in [3.8, 4) is 11.1 Å². The number of nitrogens with zero attached hydrogens (tertiary/aromatic N) is 3. The van der Waals surface area contributed by atoms with Gasteiger partial charge in [0.1, 0.15) is 5.82 Å². The standard InChI is InChI=1S/C34H42N4O3/c1-40-20-8-19-38-32-13-6-5-12-31(32)36-34(38)27-10-7-18-37(23-27)33(39)22-29(35)21-25-14-16-26(17-15-25)30-11-4-3-9-28(30)24-41-2/h3-6,9,11-17,27,29H,7-8,10,18-24,35H2,1-2H3. The Morgan fingerprint density at radius 2 is 1.80 bits per heavy atom. The summed E-state index contributed by atoms with van der Waals surface area (Å²) in [5, 5.41) is 0. The summed E-state index contributed by atoms with van der Waals surface area (Å²) in [6.45, 7) is 3.61. The van der Waals surface area contributed by atoms with Crippen LogP contribution >= 0.6 is 0 Å². The minimum atomic E-state index is -0.229. The number of para-hydroxylation sites is 2. The quantitative estimate of drug-likeness (QED) is 0.232. The van der Waals surface area contributed by atoms with Crippen molar-refractivity contribution in [1.29, 1.82) is 0 Å². The number of hydrogen-bond donors (Lipinski definition) is 1. The van der Waals surface area contributed by atoms with E-state index in [1.807, 2.05) is 23.1 Å². The van der Waals surface area contributed by atoms with Gasteiger partial charge >= 0.3 is 0 Å². The molecular formula is C34H42N4O3. The fraction of sp³-hybridized carbons (Fsp3) is 0.412. The monoisotopic (exact) mass is 554 g/mol. The normalized spacial score (nSPS) is 16.3. The Morgan fingerprint density at radius 3 is 2.61 bits per heavy atom. The zero-order valence-electron chi connectivity index (χ0n) is 24.3. The number of amides is 1. The summed E-state index contributed by atoms with van der Waals surface area (Å²) in [6, 6.07) is 24.9. The molecule has 1 aliphatic rings. The number of ether oxygens (including phenoxy) is 2. The Kier molecular flexibility index (Phi) is 9.83. The Bertz CT molecular complexity index is 1430. The van der Waals surface area contributed by atoms with Crippen LogP contribution in [0.4, 0.5) is 0 Å². The number of rotatable bonds is 12. The molecule has 1 aliphatic heterocycles. The topological polar surface area (TPSA) is 82.6 Å². The highest BCUT2D eigenvalue weighted by Gasteiger charge is 2.29. The van der Waals surface area contributed by atoms with Crippen LogP contribution in [0.2, 0.25) is 0 Å². The first-order valence-electron chi connectivity index (χ1n) is 14.7. The molecule has 1 amide bonds. The minimum absolute atomic E-state index is 0.134. The molecule has 5 rings (SSSR count). The highest BCUT2D eigenvalue weighted by molar-refractivity contribution is 5.78. The smallest absolute Gasteiger partial charge is 0.224 e. The van der Waals surface area contributed by atoms with Crippen LogP contribution in [0.25, 0.3) is 22.2 Å².